The van der Waals surface area contributed by atoms with Crippen LogP contribution < -0.4 is 14.8 Å². The van der Waals surface area contributed by atoms with E-state index in [1.54, 1.807) is 18.2 Å². The van der Waals surface area contributed by atoms with Crippen molar-refractivity contribution in [3.8, 4) is 11.5 Å². The number of ether oxygens (including phenoxy) is 2. The summed E-state index contributed by atoms with van der Waals surface area (Å²) in [6.45, 7) is 1.99. The minimum atomic E-state index is -0.871. The van der Waals surface area contributed by atoms with Crippen molar-refractivity contribution < 1.29 is 28.7 Å². The lowest BCUT2D eigenvalue weighted by molar-refractivity contribution is -0.149. The molecule has 1 N–H and O–H groups in total. The summed E-state index contributed by atoms with van der Waals surface area (Å²) in [5.74, 6) is 1.34. The predicted molar refractivity (Wildman–Crippen MR) is 125 cm³/mol. The number of carbonyl (C=O) groups excluding carboxylic acids is 4. The molecule has 0 radical (unpaired) electrons. The summed E-state index contributed by atoms with van der Waals surface area (Å²) in [6.07, 6.45) is 3.51. The third kappa shape index (κ3) is 4.41. The van der Waals surface area contributed by atoms with Crippen LogP contribution in [0, 0.1) is 11.8 Å². The predicted octanol–water partition coefficient (Wildman–Crippen LogP) is 1.37. The van der Waals surface area contributed by atoms with Gasteiger partial charge in [0.05, 0.1) is 27.2 Å². The van der Waals surface area contributed by atoms with E-state index in [-0.39, 0.29) is 42.7 Å². The van der Waals surface area contributed by atoms with E-state index < -0.39 is 18.0 Å². The van der Waals surface area contributed by atoms with Crippen molar-refractivity contribution in [1.29, 1.82) is 0 Å². The lowest BCUT2D eigenvalue weighted by Gasteiger charge is -2.52. The van der Waals surface area contributed by atoms with Gasteiger partial charge in [-0.1, -0.05) is 6.07 Å². The second kappa shape index (κ2) is 9.39. The monoisotopic (exact) mass is 484 g/mol. The standard InChI is InChI=1S/C25H32N4O6/c1-34-20-7-6-15(9-21(20)35-2)12-29-24(32)18(26-25(29)33)10-23(31)27-11-16-8-17(14-27)19-4-3-5-22(30)28(19)13-16/h6-7,9,16-19H,3-5,8,10-14H2,1-2H3,(H,26,33)/t16-,17+,18+,19?/m1/s1. The minimum absolute atomic E-state index is 0.0558. The molecule has 188 valence electrons. The van der Waals surface area contributed by atoms with E-state index in [1.807, 2.05) is 9.80 Å². The van der Waals surface area contributed by atoms with Crippen LogP contribution >= 0.6 is 0 Å². The van der Waals surface area contributed by atoms with Crippen molar-refractivity contribution in [2.24, 2.45) is 11.8 Å². The highest BCUT2D eigenvalue weighted by molar-refractivity contribution is 6.05. The van der Waals surface area contributed by atoms with Gasteiger partial charge in [-0.15, -0.1) is 0 Å². The first-order valence-corrected chi connectivity index (χ1v) is 12.3. The number of likely N-dealkylation sites (tertiary alicyclic amines) is 1. The van der Waals surface area contributed by atoms with Crippen LogP contribution in [0.1, 0.15) is 37.7 Å². The molecule has 10 heteroatoms. The van der Waals surface area contributed by atoms with Crippen molar-refractivity contribution >= 4 is 23.8 Å². The van der Waals surface area contributed by atoms with E-state index in [9.17, 15) is 19.2 Å². The Morgan fingerprint density at radius 1 is 1.09 bits per heavy atom. The molecule has 5 amide bonds. The summed E-state index contributed by atoms with van der Waals surface area (Å²) in [5, 5.41) is 2.68. The molecule has 5 rings (SSSR count). The molecule has 4 aliphatic rings. The highest BCUT2D eigenvalue weighted by atomic mass is 16.5. The average Bonchev–Trinajstić information content (AvgIpc) is 3.11. The summed E-state index contributed by atoms with van der Waals surface area (Å²) in [5.41, 5.74) is 0.716. The number of methoxy groups -OCH3 is 2. The number of hydrogen-bond donors (Lipinski definition) is 1. The van der Waals surface area contributed by atoms with Crippen molar-refractivity contribution in [2.45, 2.75) is 50.7 Å². The van der Waals surface area contributed by atoms with Crippen LogP contribution in [0.3, 0.4) is 0 Å². The van der Waals surface area contributed by atoms with Crippen LogP contribution in [-0.2, 0) is 20.9 Å². The Morgan fingerprint density at radius 3 is 2.66 bits per heavy atom. The van der Waals surface area contributed by atoms with Crippen LogP contribution in [0.2, 0.25) is 0 Å². The van der Waals surface area contributed by atoms with Gasteiger partial charge in [0.1, 0.15) is 6.04 Å². The smallest absolute Gasteiger partial charge is 0.325 e. The molecule has 10 nitrogen and oxygen atoms in total. The number of imide groups is 1. The number of fused-ring (bicyclic) bond motifs is 4. The SMILES string of the molecule is COc1ccc(CN2C(=O)N[C@@H](CC(=O)N3C[C@H]4C[C@@H](C3)C3CCCC(=O)N3C4)C2=O)cc1OC. The molecular weight excluding hydrogens is 452 g/mol. The summed E-state index contributed by atoms with van der Waals surface area (Å²) in [7, 11) is 3.06. The van der Waals surface area contributed by atoms with E-state index in [2.05, 4.69) is 5.32 Å². The maximum Gasteiger partial charge on any atom is 0.325 e. The topological polar surface area (TPSA) is 108 Å². The number of hydrogen-bond acceptors (Lipinski definition) is 6. The molecule has 4 heterocycles. The van der Waals surface area contributed by atoms with Gasteiger partial charge in [0.2, 0.25) is 11.8 Å². The number of piperidine rings is 3. The summed E-state index contributed by atoms with van der Waals surface area (Å²) < 4.78 is 10.5. The quantitative estimate of drug-likeness (QED) is 0.611. The van der Waals surface area contributed by atoms with E-state index in [0.717, 1.165) is 24.2 Å². The first-order valence-electron chi connectivity index (χ1n) is 12.3. The Kier molecular flexibility index (Phi) is 6.29. The minimum Gasteiger partial charge on any atom is -0.493 e. The maximum atomic E-state index is 13.2. The van der Waals surface area contributed by atoms with E-state index >= 15 is 0 Å². The molecular formula is C25H32N4O6. The first-order chi connectivity index (χ1) is 16.9. The number of benzene rings is 1. The Bertz CT molecular complexity index is 1040. The number of amides is 5. The van der Waals surface area contributed by atoms with Gasteiger partial charge in [-0.25, -0.2) is 4.79 Å². The second-order valence-electron chi connectivity index (χ2n) is 9.99. The fourth-order valence-electron chi connectivity index (χ4n) is 6.14. The molecule has 35 heavy (non-hydrogen) atoms. The normalized spacial score (nSPS) is 28.1. The zero-order valence-corrected chi connectivity index (χ0v) is 20.2. The molecule has 4 atom stereocenters. The van der Waals surface area contributed by atoms with E-state index in [0.29, 0.717) is 43.1 Å². The van der Waals surface area contributed by atoms with Gasteiger partial charge in [0.15, 0.2) is 11.5 Å². The number of rotatable bonds is 6. The molecule has 1 aromatic rings. The molecule has 1 unspecified atom stereocenters. The van der Waals surface area contributed by atoms with Gasteiger partial charge in [0, 0.05) is 32.1 Å². The molecule has 0 spiro atoms. The zero-order chi connectivity index (χ0) is 24.7. The number of nitrogens with one attached hydrogen (secondary N) is 1. The summed E-state index contributed by atoms with van der Waals surface area (Å²) >= 11 is 0. The van der Waals surface area contributed by atoms with Crippen molar-refractivity contribution in [2.75, 3.05) is 33.9 Å². The summed E-state index contributed by atoms with van der Waals surface area (Å²) in [4.78, 5) is 56.1. The number of nitrogens with zero attached hydrogens (tertiary/aromatic N) is 3. The van der Waals surface area contributed by atoms with Crippen LogP contribution in [0.15, 0.2) is 18.2 Å². The van der Waals surface area contributed by atoms with Crippen LogP contribution in [0.5, 0.6) is 11.5 Å². The Balaban J connectivity index is 1.21. The second-order valence-corrected chi connectivity index (χ2v) is 9.99. The lowest BCUT2D eigenvalue weighted by atomic mass is 9.76. The highest BCUT2D eigenvalue weighted by Crippen LogP contribution is 2.38. The molecule has 2 bridgehead atoms. The zero-order valence-electron chi connectivity index (χ0n) is 20.2. The largest absolute Gasteiger partial charge is 0.493 e. The molecule has 4 saturated heterocycles. The summed E-state index contributed by atoms with van der Waals surface area (Å²) in [6, 6.07) is 4.06. The molecule has 0 aliphatic carbocycles. The molecule has 4 aliphatic heterocycles. The van der Waals surface area contributed by atoms with Crippen molar-refractivity contribution in [1.82, 2.24) is 20.0 Å². The van der Waals surface area contributed by atoms with Gasteiger partial charge in [0.25, 0.3) is 5.91 Å². The van der Waals surface area contributed by atoms with E-state index in [1.165, 1.54) is 14.2 Å². The van der Waals surface area contributed by atoms with Gasteiger partial charge in [-0.3, -0.25) is 19.3 Å². The van der Waals surface area contributed by atoms with E-state index in [4.69, 9.17) is 9.47 Å². The van der Waals surface area contributed by atoms with Gasteiger partial charge in [-0.05, 0) is 48.8 Å². The average molecular weight is 485 g/mol. The fraction of sp³-hybridized carbons (Fsp3) is 0.600. The Morgan fingerprint density at radius 2 is 1.89 bits per heavy atom. The van der Waals surface area contributed by atoms with Gasteiger partial charge < -0.3 is 24.6 Å². The molecule has 0 saturated carbocycles. The van der Waals surface area contributed by atoms with Gasteiger partial charge in [-0.2, -0.15) is 0 Å². The molecule has 0 aromatic heterocycles. The van der Waals surface area contributed by atoms with Crippen LogP contribution in [-0.4, -0.2) is 84.4 Å². The third-order valence-electron chi connectivity index (χ3n) is 7.81. The Hall–Kier alpha value is -3.30. The molecule has 1 aromatic carbocycles. The van der Waals surface area contributed by atoms with Crippen molar-refractivity contribution in [3.05, 3.63) is 23.8 Å². The Labute approximate surface area is 204 Å². The first kappa shape index (κ1) is 23.4. The number of carbonyl (C=O) groups is 4. The van der Waals surface area contributed by atoms with Gasteiger partial charge >= 0.3 is 6.03 Å². The third-order valence-corrected chi connectivity index (χ3v) is 7.81. The fourth-order valence-corrected chi connectivity index (χ4v) is 6.14. The molecule has 4 fully saturated rings. The highest BCUT2D eigenvalue weighted by Gasteiger charge is 2.46. The maximum absolute atomic E-state index is 13.2. The lowest BCUT2D eigenvalue weighted by Crippen LogP contribution is -2.61. The van der Waals surface area contributed by atoms with Crippen LogP contribution in [0.4, 0.5) is 4.79 Å². The van der Waals surface area contributed by atoms with Crippen LogP contribution in [0.25, 0.3) is 0 Å². The number of urea groups is 1. The van der Waals surface area contributed by atoms with Crippen molar-refractivity contribution in [3.63, 3.8) is 0 Å².